The average Bonchev–Trinajstić information content (AvgIpc) is 2.33. The number of rotatable bonds is 9. The van der Waals surface area contributed by atoms with Crippen molar-refractivity contribution in [1.29, 1.82) is 0 Å². The Balaban J connectivity index is 4.68. The normalized spacial score (nSPS) is 17.4. The maximum atomic E-state index is 6.06. The van der Waals surface area contributed by atoms with Crippen LogP contribution in [0.3, 0.4) is 0 Å². The first-order valence-corrected chi connectivity index (χ1v) is 7.05. The second kappa shape index (κ2) is 8.08. The third-order valence-corrected chi connectivity index (χ3v) is 4.03. The maximum absolute atomic E-state index is 6.06. The van der Waals surface area contributed by atoms with Gasteiger partial charge in [-0.1, -0.05) is 47.5 Å². The minimum atomic E-state index is 0.243. The molecule has 0 amide bonds. The van der Waals surface area contributed by atoms with Crippen LogP contribution in [0.15, 0.2) is 0 Å². The summed E-state index contributed by atoms with van der Waals surface area (Å²) in [6, 6.07) is 0. The summed E-state index contributed by atoms with van der Waals surface area (Å²) >= 11 is 0. The molecule has 0 aromatic carbocycles. The summed E-state index contributed by atoms with van der Waals surface area (Å²) in [5, 5.41) is 0. The number of likely N-dealkylation sites (N-methyl/N-ethyl adjacent to an activating group) is 1. The molecule has 0 saturated heterocycles. The molecule has 2 atom stereocenters. The van der Waals surface area contributed by atoms with E-state index in [1.807, 2.05) is 0 Å². The second-order valence-electron chi connectivity index (χ2n) is 5.08. The van der Waals surface area contributed by atoms with E-state index in [2.05, 4.69) is 39.5 Å². The molecule has 0 aliphatic carbocycles. The SMILES string of the molecule is CCCC(CC)(CN)N(CC)CC(C)CC. The van der Waals surface area contributed by atoms with E-state index < -0.39 is 0 Å². The molecule has 0 aliphatic rings. The van der Waals surface area contributed by atoms with Gasteiger partial charge in [-0.3, -0.25) is 4.90 Å². The molecule has 0 aromatic rings. The molecule has 0 saturated carbocycles. The lowest BCUT2D eigenvalue weighted by Gasteiger charge is -2.44. The van der Waals surface area contributed by atoms with E-state index in [0.29, 0.717) is 0 Å². The first-order chi connectivity index (χ1) is 7.60. The Morgan fingerprint density at radius 3 is 2.12 bits per heavy atom. The summed E-state index contributed by atoms with van der Waals surface area (Å²) in [4.78, 5) is 2.62. The first-order valence-electron chi connectivity index (χ1n) is 7.05. The lowest BCUT2D eigenvalue weighted by atomic mass is 9.87. The Morgan fingerprint density at radius 2 is 1.81 bits per heavy atom. The summed E-state index contributed by atoms with van der Waals surface area (Å²) in [6.07, 6.45) is 4.88. The van der Waals surface area contributed by atoms with Crippen LogP contribution in [0.5, 0.6) is 0 Å². The van der Waals surface area contributed by atoms with E-state index in [-0.39, 0.29) is 5.54 Å². The van der Waals surface area contributed by atoms with Crippen molar-refractivity contribution in [2.75, 3.05) is 19.6 Å². The molecule has 0 heterocycles. The van der Waals surface area contributed by atoms with E-state index in [1.165, 1.54) is 32.2 Å². The fourth-order valence-corrected chi connectivity index (χ4v) is 2.56. The van der Waals surface area contributed by atoms with Gasteiger partial charge in [-0.25, -0.2) is 0 Å². The van der Waals surface area contributed by atoms with E-state index in [4.69, 9.17) is 5.73 Å². The van der Waals surface area contributed by atoms with Gasteiger partial charge in [-0.2, -0.15) is 0 Å². The van der Waals surface area contributed by atoms with E-state index in [0.717, 1.165) is 19.0 Å². The van der Waals surface area contributed by atoms with Crippen molar-refractivity contribution in [3.8, 4) is 0 Å². The fourth-order valence-electron chi connectivity index (χ4n) is 2.56. The Morgan fingerprint density at radius 1 is 1.19 bits per heavy atom. The minimum absolute atomic E-state index is 0.243. The van der Waals surface area contributed by atoms with Crippen LogP contribution in [0.4, 0.5) is 0 Å². The molecule has 0 aromatic heterocycles. The summed E-state index contributed by atoms with van der Waals surface area (Å²) < 4.78 is 0. The van der Waals surface area contributed by atoms with Crippen molar-refractivity contribution < 1.29 is 0 Å². The van der Waals surface area contributed by atoms with Crippen molar-refractivity contribution in [2.24, 2.45) is 11.7 Å². The molecule has 0 bridgehead atoms. The van der Waals surface area contributed by atoms with Crippen molar-refractivity contribution in [3.63, 3.8) is 0 Å². The predicted octanol–water partition coefficient (Wildman–Crippen LogP) is 3.26. The zero-order chi connectivity index (χ0) is 12.6. The van der Waals surface area contributed by atoms with Crippen molar-refractivity contribution in [1.82, 2.24) is 4.90 Å². The van der Waals surface area contributed by atoms with Crippen LogP contribution in [0.1, 0.15) is 60.3 Å². The van der Waals surface area contributed by atoms with Gasteiger partial charge in [0.2, 0.25) is 0 Å². The van der Waals surface area contributed by atoms with Gasteiger partial charge in [-0.15, -0.1) is 0 Å². The van der Waals surface area contributed by atoms with E-state index in [9.17, 15) is 0 Å². The highest BCUT2D eigenvalue weighted by molar-refractivity contribution is 4.90. The topological polar surface area (TPSA) is 29.3 Å². The Kier molecular flexibility index (Phi) is 8.04. The zero-order valence-corrected chi connectivity index (χ0v) is 12.1. The monoisotopic (exact) mass is 228 g/mol. The average molecular weight is 228 g/mol. The predicted molar refractivity (Wildman–Crippen MR) is 73.7 cm³/mol. The van der Waals surface area contributed by atoms with Crippen LogP contribution in [0.25, 0.3) is 0 Å². The van der Waals surface area contributed by atoms with Crippen molar-refractivity contribution >= 4 is 0 Å². The van der Waals surface area contributed by atoms with E-state index in [1.54, 1.807) is 0 Å². The van der Waals surface area contributed by atoms with Gasteiger partial charge in [0.1, 0.15) is 0 Å². The lowest BCUT2D eigenvalue weighted by Crippen LogP contribution is -2.54. The summed E-state index contributed by atoms with van der Waals surface area (Å²) in [6.45, 7) is 14.5. The first kappa shape index (κ1) is 15.9. The van der Waals surface area contributed by atoms with Gasteiger partial charge in [-0.05, 0) is 25.3 Å². The van der Waals surface area contributed by atoms with Gasteiger partial charge >= 0.3 is 0 Å². The molecular formula is C14H32N2. The van der Waals surface area contributed by atoms with Crippen LogP contribution in [-0.2, 0) is 0 Å². The fraction of sp³-hybridized carbons (Fsp3) is 1.00. The van der Waals surface area contributed by atoms with Crippen LogP contribution in [-0.4, -0.2) is 30.1 Å². The number of hydrogen-bond acceptors (Lipinski definition) is 2. The van der Waals surface area contributed by atoms with Gasteiger partial charge < -0.3 is 5.73 Å². The van der Waals surface area contributed by atoms with Crippen LogP contribution >= 0.6 is 0 Å². The third-order valence-electron chi connectivity index (χ3n) is 4.03. The number of nitrogens with zero attached hydrogens (tertiary/aromatic N) is 1. The lowest BCUT2D eigenvalue weighted by molar-refractivity contribution is 0.0699. The molecule has 2 heteroatoms. The van der Waals surface area contributed by atoms with Gasteiger partial charge in [0.25, 0.3) is 0 Å². The molecule has 16 heavy (non-hydrogen) atoms. The van der Waals surface area contributed by atoms with Gasteiger partial charge in [0.05, 0.1) is 0 Å². The third kappa shape index (κ3) is 4.06. The Bertz CT molecular complexity index is 164. The smallest absolute Gasteiger partial charge is 0.0329 e. The molecule has 0 spiro atoms. The largest absolute Gasteiger partial charge is 0.329 e. The molecule has 0 radical (unpaired) electrons. The molecule has 2 unspecified atom stereocenters. The van der Waals surface area contributed by atoms with Crippen LogP contribution in [0, 0.1) is 5.92 Å². The van der Waals surface area contributed by atoms with Crippen LogP contribution < -0.4 is 5.73 Å². The highest BCUT2D eigenvalue weighted by atomic mass is 15.2. The second-order valence-corrected chi connectivity index (χ2v) is 5.08. The maximum Gasteiger partial charge on any atom is 0.0329 e. The molecule has 0 aliphatic heterocycles. The molecule has 2 N–H and O–H groups in total. The van der Waals surface area contributed by atoms with Crippen LogP contribution in [0.2, 0.25) is 0 Å². The molecule has 98 valence electrons. The minimum Gasteiger partial charge on any atom is -0.329 e. The summed E-state index contributed by atoms with van der Waals surface area (Å²) in [7, 11) is 0. The summed E-state index contributed by atoms with van der Waals surface area (Å²) in [5.41, 5.74) is 6.30. The van der Waals surface area contributed by atoms with Gasteiger partial charge in [0, 0.05) is 18.6 Å². The number of hydrogen-bond donors (Lipinski definition) is 1. The van der Waals surface area contributed by atoms with Crippen molar-refractivity contribution in [2.45, 2.75) is 65.8 Å². The standard InChI is InChI=1S/C14H32N2/c1-6-10-14(8-3,12-15)16(9-4)11-13(5)7-2/h13H,6-12,15H2,1-5H3. The highest BCUT2D eigenvalue weighted by Gasteiger charge is 2.32. The van der Waals surface area contributed by atoms with Gasteiger partial charge in [0.15, 0.2) is 0 Å². The number of nitrogens with two attached hydrogens (primary N) is 1. The molecular weight excluding hydrogens is 196 g/mol. The Labute approximate surface area is 103 Å². The highest BCUT2D eigenvalue weighted by Crippen LogP contribution is 2.26. The Hall–Kier alpha value is -0.0800. The van der Waals surface area contributed by atoms with E-state index >= 15 is 0 Å². The molecule has 2 nitrogen and oxygen atoms in total. The van der Waals surface area contributed by atoms with Crippen molar-refractivity contribution in [3.05, 3.63) is 0 Å². The molecule has 0 fully saturated rings. The zero-order valence-electron chi connectivity index (χ0n) is 12.1. The summed E-state index contributed by atoms with van der Waals surface area (Å²) in [5.74, 6) is 0.772. The quantitative estimate of drug-likeness (QED) is 0.656. The molecule has 0 rings (SSSR count).